The Kier molecular flexibility index (Phi) is 5.11. The van der Waals surface area contributed by atoms with Gasteiger partial charge in [-0.05, 0) is 96.2 Å². The number of ketones is 1. The largest absolute Gasteiger partial charge is 0.393 e. The first kappa shape index (κ1) is 22.4. The van der Waals surface area contributed by atoms with Crippen LogP contribution >= 0.6 is 0 Å². The van der Waals surface area contributed by atoms with Gasteiger partial charge in [-0.25, -0.2) is 0 Å². The van der Waals surface area contributed by atoms with Crippen LogP contribution in [0.15, 0.2) is 0 Å². The Morgan fingerprint density at radius 2 is 1.71 bits per heavy atom. The van der Waals surface area contributed by atoms with Crippen LogP contribution in [-0.2, 0) is 4.79 Å². The molecular formula is C29H48O2. The molecule has 2 heteroatoms. The first-order valence-electron chi connectivity index (χ1n) is 13.7. The number of hydrogen-bond acceptors (Lipinski definition) is 2. The van der Waals surface area contributed by atoms with E-state index in [0.29, 0.717) is 34.4 Å². The fourth-order valence-corrected chi connectivity index (χ4v) is 10.7. The average molecular weight is 429 g/mol. The number of Topliss-reactive ketones (excluding diaryl/α,β-unsaturated/α-hetero) is 1. The number of hydrogen-bond donors (Lipinski definition) is 1. The highest BCUT2D eigenvalue weighted by Crippen LogP contribution is 2.87. The summed E-state index contributed by atoms with van der Waals surface area (Å²) in [4.78, 5) is 13.9. The third kappa shape index (κ3) is 2.75. The van der Waals surface area contributed by atoms with Gasteiger partial charge >= 0.3 is 0 Å². The first-order chi connectivity index (χ1) is 14.5. The SMILES string of the molecule is CC(C)CCCC(C)C1CCC2(C)C3C(=O)CC4C(C)C(O)CCC45CC35CCC12C. The molecule has 0 aromatic carbocycles. The van der Waals surface area contributed by atoms with E-state index in [1.54, 1.807) is 0 Å². The van der Waals surface area contributed by atoms with Crippen LogP contribution in [0.5, 0.6) is 0 Å². The van der Waals surface area contributed by atoms with Gasteiger partial charge in [0, 0.05) is 12.3 Å². The smallest absolute Gasteiger partial charge is 0.137 e. The Morgan fingerprint density at radius 3 is 2.42 bits per heavy atom. The highest BCUT2D eigenvalue weighted by Gasteiger charge is 2.83. The molecule has 0 aromatic heterocycles. The Labute approximate surface area is 191 Å². The highest BCUT2D eigenvalue weighted by molar-refractivity contribution is 5.86. The summed E-state index contributed by atoms with van der Waals surface area (Å²) in [5, 5.41) is 10.6. The molecule has 5 rings (SSSR count). The lowest BCUT2D eigenvalue weighted by Crippen LogP contribution is -2.59. The summed E-state index contributed by atoms with van der Waals surface area (Å²) in [6.45, 7) is 14.6. The van der Waals surface area contributed by atoms with Crippen LogP contribution in [0.1, 0.15) is 112 Å². The minimum atomic E-state index is -0.190. The minimum absolute atomic E-state index is 0.188. The third-order valence-electron chi connectivity index (χ3n) is 12.6. The molecule has 10 atom stereocenters. The number of aliphatic hydroxyl groups is 1. The quantitative estimate of drug-likeness (QED) is 0.510. The van der Waals surface area contributed by atoms with E-state index in [1.165, 1.54) is 57.8 Å². The van der Waals surface area contributed by atoms with Gasteiger partial charge in [0.2, 0.25) is 0 Å². The molecule has 0 heterocycles. The average Bonchev–Trinajstić information content (AvgIpc) is 3.26. The normalized spacial score (nSPS) is 54.1. The standard InChI is InChI=1S/C29H48O2/c1-18(2)8-7-9-19(3)21-10-12-27(6)25-24(31)16-22-20(4)23(30)11-13-28(22)17-29(25,28)15-14-26(21,27)5/h18-23,25,30H,7-17H2,1-6H3. The van der Waals surface area contributed by atoms with Crippen LogP contribution < -0.4 is 0 Å². The van der Waals surface area contributed by atoms with E-state index < -0.39 is 0 Å². The molecule has 5 fully saturated rings. The van der Waals surface area contributed by atoms with Gasteiger partial charge in [0.15, 0.2) is 0 Å². The van der Waals surface area contributed by atoms with E-state index >= 15 is 0 Å². The predicted molar refractivity (Wildman–Crippen MR) is 127 cm³/mol. The molecule has 5 aliphatic carbocycles. The van der Waals surface area contributed by atoms with Crippen molar-refractivity contribution in [2.75, 3.05) is 0 Å². The van der Waals surface area contributed by atoms with Crippen molar-refractivity contribution in [2.45, 2.75) is 118 Å². The molecule has 0 aromatic rings. The Balaban J connectivity index is 1.42. The van der Waals surface area contributed by atoms with Crippen molar-refractivity contribution in [1.82, 2.24) is 0 Å². The van der Waals surface area contributed by atoms with Crippen molar-refractivity contribution >= 4 is 5.78 Å². The van der Waals surface area contributed by atoms with Gasteiger partial charge in [0.05, 0.1) is 6.10 Å². The zero-order valence-electron chi connectivity index (χ0n) is 21.2. The van der Waals surface area contributed by atoms with E-state index in [2.05, 4.69) is 41.5 Å². The summed E-state index contributed by atoms with van der Waals surface area (Å²) in [6.07, 6.45) is 13.3. The molecule has 0 aliphatic heterocycles. The van der Waals surface area contributed by atoms with Crippen LogP contribution in [0.2, 0.25) is 0 Å². The summed E-state index contributed by atoms with van der Waals surface area (Å²) < 4.78 is 0. The number of carbonyl (C=O) groups excluding carboxylic acids is 1. The molecule has 2 nitrogen and oxygen atoms in total. The van der Waals surface area contributed by atoms with Crippen molar-refractivity contribution in [3.05, 3.63) is 0 Å². The molecule has 31 heavy (non-hydrogen) atoms. The van der Waals surface area contributed by atoms with Gasteiger partial charge in [0.1, 0.15) is 5.78 Å². The number of rotatable bonds is 5. The lowest BCUT2D eigenvalue weighted by atomic mass is 9.42. The second kappa shape index (κ2) is 7.07. The van der Waals surface area contributed by atoms with Gasteiger partial charge < -0.3 is 5.11 Å². The van der Waals surface area contributed by atoms with E-state index in [9.17, 15) is 9.90 Å². The molecule has 5 saturated carbocycles. The van der Waals surface area contributed by atoms with Crippen LogP contribution in [0.3, 0.4) is 0 Å². The van der Waals surface area contributed by atoms with Crippen LogP contribution in [0.25, 0.3) is 0 Å². The number of carbonyl (C=O) groups is 1. The lowest BCUT2D eigenvalue weighted by molar-refractivity contribution is -0.166. The topological polar surface area (TPSA) is 37.3 Å². The summed E-state index contributed by atoms with van der Waals surface area (Å²) >= 11 is 0. The Morgan fingerprint density at radius 1 is 0.968 bits per heavy atom. The van der Waals surface area contributed by atoms with Gasteiger partial charge in [-0.2, -0.15) is 0 Å². The second-order valence-electron chi connectivity index (χ2n) is 13.9. The Hall–Kier alpha value is -0.370. The van der Waals surface area contributed by atoms with E-state index in [-0.39, 0.29) is 16.9 Å². The van der Waals surface area contributed by atoms with Gasteiger partial charge in [-0.3, -0.25) is 4.79 Å². The Bertz CT molecular complexity index is 743. The lowest BCUT2D eigenvalue weighted by Gasteiger charge is -2.61. The van der Waals surface area contributed by atoms with Crippen molar-refractivity contribution < 1.29 is 9.90 Å². The summed E-state index contributed by atoms with van der Waals surface area (Å²) in [5.74, 6) is 4.00. The molecule has 0 bridgehead atoms. The maximum absolute atomic E-state index is 13.9. The molecule has 0 amide bonds. The third-order valence-corrected chi connectivity index (χ3v) is 12.6. The number of fused-ring (bicyclic) bond motifs is 2. The minimum Gasteiger partial charge on any atom is -0.393 e. The van der Waals surface area contributed by atoms with Crippen LogP contribution in [0.4, 0.5) is 0 Å². The summed E-state index contributed by atoms with van der Waals surface area (Å²) in [7, 11) is 0. The van der Waals surface area contributed by atoms with Crippen molar-refractivity contribution in [3.8, 4) is 0 Å². The monoisotopic (exact) mass is 428 g/mol. The maximum atomic E-state index is 13.9. The fraction of sp³-hybridized carbons (Fsp3) is 0.966. The maximum Gasteiger partial charge on any atom is 0.137 e. The van der Waals surface area contributed by atoms with Crippen molar-refractivity contribution in [1.29, 1.82) is 0 Å². The number of aliphatic hydroxyl groups excluding tert-OH is 1. The van der Waals surface area contributed by atoms with Crippen LogP contribution in [-0.4, -0.2) is 17.0 Å². The van der Waals surface area contributed by atoms with Gasteiger partial charge in [-0.15, -0.1) is 0 Å². The van der Waals surface area contributed by atoms with Crippen molar-refractivity contribution in [3.63, 3.8) is 0 Å². The molecule has 0 saturated heterocycles. The summed E-state index contributed by atoms with van der Waals surface area (Å²) in [5.41, 5.74) is 1.18. The van der Waals surface area contributed by atoms with E-state index in [4.69, 9.17) is 0 Å². The van der Waals surface area contributed by atoms with Gasteiger partial charge in [-0.1, -0.05) is 60.8 Å². The molecule has 176 valence electrons. The molecule has 0 radical (unpaired) electrons. The molecule has 1 N–H and O–H groups in total. The zero-order valence-corrected chi connectivity index (χ0v) is 21.2. The van der Waals surface area contributed by atoms with Crippen LogP contribution in [0, 0.1) is 57.2 Å². The molecular weight excluding hydrogens is 380 g/mol. The molecule has 10 unspecified atom stereocenters. The van der Waals surface area contributed by atoms with Crippen molar-refractivity contribution in [2.24, 2.45) is 57.2 Å². The van der Waals surface area contributed by atoms with E-state index in [0.717, 1.165) is 30.6 Å². The predicted octanol–water partition coefficient (Wildman–Crippen LogP) is 7.04. The van der Waals surface area contributed by atoms with E-state index in [1.807, 2.05) is 0 Å². The molecule has 2 spiro atoms. The fourth-order valence-electron chi connectivity index (χ4n) is 10.7. The highest BCUT2D eigenvalue weighted by atomic mass is 16.3. The zero-order chi connectivity index (χ0) is 22.4. The molecule has 5 aliphatic rings. The second-order valence-corrected chi connectivity index (χ2v) is 13.9. The summed E-state index contributed by atoms with van der Waals surface area (Å²) in [6, 6.07) is 0. The first-order valence-corrected chi connectivity index (χ1v) is 13.7. The van der Waals surface area contributed by atoms with Gasteiger partial charge in [0.25, 0.3) is 0 Å².